The van der Waals surface area contributed by atoms with E-state index in [2.05, 4.69) is 50.2 Å². The lowest BCUT2D eigenvalue weighted by atomic mass is 10.00. The average molecular weight is 1660 g/mol. The van der Waals surface area contributed by atoms with Gasteiger partial charge in [-0.1, -0.05) is 29.3 Å². The van der Waals surface area contributed by atoms with Crippen molar-refractivity contribution >= 4 is 166 Å². The number of carbonyl (C=O) groups is 5. The number of thiazole rings is 2. The zero-order valence-electron chi connectivity index (χ0n) is 60.7. The van der Waals surface area contributed by atoms with Gasteiger partial charge in [-0.2, -0.15) is 5.26 Å². The Morgan fingerprint density at radius 3 is 1.83 bits per heavy atom. The maximum atomic E-state index is 14.2. The monoisotopic (exact) mass is 1660 g/mol. The van der Waals surface area contributed by atoms with E-state index in [9.17, 15) is 53.6 Å². The van der Waals surface area contributed by atoms with Crippen molar-refractivity contribution in [3.63, 3.8) is 0 Å². The van der Waals surface area contributed by atoms with E-state index >= 15 is 0 Å². The molecule has 0 bridgehead atoms. The molecule has 3 fully saturated rings. The highest BCUT2D eigenvalue weighted by atomic mass is 35.5. The SMILES string of the molecule is CC(C)(C(=O)N1CCN(c2ccc(S(=O)(=O)Nc3nccs3)cc2)C(=O)C1)n1ccc2c(F)cccc21.CC1CN(c2ccc(S(=O)(=O)Nc3nccs3)cc2)CCN1C(=O)Cn1ccc2cc(C#N)ccc21.C[C@H](C(=O)N1CCN(c2ccc(S(=O)(=O)Nc3ccc(Cl)nn3)cc2)C(=O)C1)N1CCCc2cc(Cl)ccc21.[HH].[HH].[HH].[HH]. The van der Waals surface area contributed by atoms with E-state index < -0.39 is 41.7 Å². The van der Waals surface area contributed by atoms with Crippen molar-refractivity contribution in [1.29, 1.82) is 5.26 Å². The smallest absolute Gasteiger partial charge is 0.263 e. The predicted octanol–water partition coefficient (Wildman–Crippen LogP) is 11.7. The number of amides is 5. The first-order valence-electron chi connectivity index (χ1n) is 35.2. The van der Waals surface area contributed by atoms with Gasteiger partial charge in [0.1, 0.15) is 37.0 Å². The van der Waals surface area contributed by atoms with Gasteiger partial charge in [-0.25, -0.2) is 39.6 Å². The third-order valence-electron chi connectivity index (χ3n) is 19.6. The van der Waals surface area contributed by atoms with Gasteiger partial charge in [0.05, 0.1) is 31.8 Å². The molecule has 9 heterocycles. The molecule has 6 aromatic carbocycles. The molecular formula is C76H82Cl2FN17O11S5. The Kier molecular flexibility index (Phi) is 23.4. The topological polar surface area (TPSA) is 332 Å². The summed E-state index contributed by atoms with van der Waals surface area (Å²) >= 11 is 14.2. The third-order valence-corrected chi connectivity index (χ3v) is 25.8. The Balaban J connectivity index is 0.000000196. The van der Waals surface area contributed by atoms with Crippen molar-refractivity contribution < 1.29 is 59.3 Å². The van der Waals surface area contributed by atoms with Crippen LogP contribution in [-0.4, -0.2) is 176 Å². The molecule has 28 nitrogen and oxygen atoms in total. The van der Waals surface area contributed by atoms with Gasteiger partial charge in [0.15, 0.2) is 21.2 Å². The molecule has 3 saturated heterocycles. The minimum Gasteiger partial charge on any atom is -0.368 e. The molecule has 2 atom stereocenters. The van der Waals surface area contributed by atoms with E-state index in [1.54, 1.807) is 124 Å². The quantitative estimate of drug-likeness (QED) is 0.0718. The minimum absolute atomic E-state index is 0. The number of rotatable bonds is 18. The molecule has 0 saturated carbocycles. The molecule has 4 aliphatic heterocycles. The van der Waals surface area contributed by atoms with Gasteiger partial charge in [-0.3, -0.25) is 38.1 Å². The second kappa shape index (κ2) is 33.1. The van der Waals surface area contributed by atoms with E-state index in [4.69, 9.17) is 28.5 Å². The number of aryl methyl sites for hydroxylation is 1. The number of benzene rings is 6. The highest BCUT2D eigenvalue weighted by molar-refractivity contribution is 7.93. The van der Waals surface area contributed by atoms with Gasteiger partial charge in [-0.15, -0.1) is 32.9 Å². The minimum atomic E-state index is -3.92. The lowest BCUT2D eigenvalue weighted by molar-refractivity contribution is -0.143. The Bertz CT molecular complexity index is 5770. The molecule has 5 aromatic heterocycles. The fraction of sp³-hybridized carbons (Fsp3) is 0.263. The molecule has 112 heavy (non-hydrogen) atoms. The van der Waals surface area contributed by atoms with E-state index in [0.717, 1.165) is 47.2 Å². The van der Waals surface area contributed by atoms with Gasteiger partial charge in [0.25, 0.3) is 30.1 Å². The van der Waals surface area contributed by atoms with E-state index in [1.165, 1.54) is 81.1 Å². The van der Waals surface area contributed by atoms with Crippen LogP contribution in [0.5, 0.6) is 0 Å². The number of nitrogens with one attached hydrogen (secondary N) is 3. The first-order valence-corrected chi connectivity index (χ1v) is 42.2. The lowest BCUT2D eigenvalue weighted by Crippen LogP contribution is -2.57. The molecule has 588 valence electrons. The number of hydrogen-bond donors (Lipinski definition) is 3. The van der Waals surface area contributed by atoms with Crippen LogP contribution in [0.3, 0.4) is 0 Å². The number of sulfonamides is 3. The zero-order valence-corrected chi connectivity index (χ0v) is 66.3. The predicted molar refractivity (Wildman–Crippen MR) is 437 cm³/mol. The fourth-order valence-electron chi connectivity index (χ4n) is 13.9. The number of piperazine rings is 3. The van der Waals surface area contributed by atoms with E-state index in [0.29, 0.717) is 77.3 Å². The molecule has 36 heteroatoms. The van der Waals surface area contributed by atoms with E-state index in [1.807, 2.05) is 65.9 Å². The molecule has 3 N–H and O–H groups in total. The van der Waals surface area contributed by atoms with E-state index in [-0.39, 0.29) is 104 Å². The number of fused-ring (bicyclic) bond motifs is 3. The number of hydrogen-bond acceptors (Lipinski definition) is 20. The largest absolute Gasteiger partial charge is 0.368 e. The molecular weight excluding hydrogens is 1580 g/mol. The van der Waals surface area contributed by atoms with Crippen LogP contribution >= 0.6 is 45.9 Å². The van der Waals surface area contributed by atoms with Crippen LogP contribution in [0.1, 0.15) is 50.9 Å². The average Bonchev–Trinajstić information content (AvgIpc) is 1.60. The van der Waals surface area contributed by atoms with Crippen molar-refractivity contribution in [3.8, 4) is 6.07 Å². The number of carbonyl (C=O) groups excluding carboxylic acids is 5. The maximum absolute atomic E-state index is 14.2. The zero-order chi connectivity index (χ0) is 79.4. The van der Waals surface area contributed by atoms with Gasteiger partial charge >= 0.3 is 0 Å². The molecule has 5 amide bonds. The van der Waals surface area contributed by atoms with Crippen LogP contribution < -0.4 is 33.8 Å². The van der Waals surface area contributed by atoms with Crippen LogP contribution in [0.25, 0.3) is 21.8 Å². The summed E-state index contributed by atoms with van der Waals surface area (Å²) in [6, 6.07) is 42.7. The maximum Gasteiger partial charge on any atom is 0.263 e. The highest BCUT2D eigenvalue weighted by Gasteiger charge is 2.40. The van der Waals surface area contributed by atoms with Gasteiger partial charge in [0.2, 0.25) is 29.5 Å². The van der Waals surface area contributed by atoms with Crippen molar-refractivity contribution in [2.24, 2.45) is 0 Å². The Morgan fingerprint density at radius 2 is 1.26 bits per heavy atom. The molecule has 1 unspecified atom stereocenters. The van der Waals surface area contributed by atoms with Crippen LogP contribution in [0.15, 0.2) is 202 Å². The molecule has 11 aromatic rings. The van der Waals surface area contributed by atoms with Crippen LogP contribution in [0.2, 0.25) is 10.2 Å². The number of nitrogens with zero attached hydrogens (tertiary/aromatic N) is 14. The summed E-state index contributed by atoms with van der Waals surface area (Å²) in [6.07, 6.45) is 8.45. The summed E-state index contributed by atoms with van der Waals surface area (Å²) in [4.78, 5) is 86.5. The molecule has 0 radical (unpaired) electrons. The van der Waals surface area contributed by atoms with Crippen molar-refractivity contribution in [1.82, 2.24) is 44.0 Å². The number of nitriles is 1. The summed E-state index contributed by atoms with van der Waals surface area (Å²) < 4.78 is 101. The summed E-state index contributed by atoms with van der Waals surface area (Å²) in [5.41, 5.74) is 5.20. The number of anilines is 7. The van der Waals surface area contributed by atoms with Gasteiger partial charge in [0, 0.05) is 144 Å². The van der Waals surface area contributed by atoms with Crippen LogP contribution in [0, 0.1) is 17.1 Å². The summed E-state index contributed by atoms with van der Waals surface area (Å²) in [5.74, 6) is -1.17. The lowest BCUT2D eigenvalue weighted by Gasteiger charge is -2.41. The molecule has 0 spiro atoms. The fourth-order valence-corrected chi connectivity index (χ4v) is 18.7. The van der Waals surface area contributed by atoms with Gasteiger partial charge in [-0.05, 0) is 192 Å². The molecule has 15 rings (SSSR count). The summed E-state index contributed by atoms with van der Waals surface area (Å²) in [6.45, 7) is 11.3. The second-order valence-corrected chi connectivity index (χ2v) is 34.8. The second-order valence-electron chi connectivity index (χ2n) is 27.2. The third kappa shape index (κ3) is 17.5. The molecule has 4 aliphatic rings. The summed E-state index contributed by atoms with van der Waals surface area (Å²) in [7, 11) is -11.4. The van der Waals surface area contributed by atoms with Crippen LogP contribution in [0.4, 0.5) is 43.2 Å². The Hall–Kier alpha value is -11.1. The normalized spacial score (nSPS) is 15.9. The van der Waals surface area contributed by atoms with Crippen molar-refractivity contribution in [2.75, 3.05) is 99.2 Å². The first-order chi connectivity index (χ1) is 53.5. The Labute approximate surface area is 669 Å². The van der Waals surface area contributed by atoms with Gasteiger partial charge < -0.3 is 43.4 Å². The summed E-state index contributed by atoms with van der Waals surface area (Å²) in [5, 5.41) is 22.6. The first kappa shape index (κ1) is 79.0. The highest BCUT2D eigenvalue weighted by Crippen LogP contribution is 2.35. The number of halogens is 3. The van der Waals surface area contributed by atoms with Crippen LogP contribution in [-0.2, 0) is 72.5 Å². The standard InChI is InChI=1S/C26H26Cl2N6O4S.C25H24FN5O4S2.C25H24N6O3S2.4H2/c1-17(33-12-2-3-18-15-19(27)4-9-22(18)33)26(36)32-13-14-34(25(35)16-32)20-5-7-21(8-6-20)39(37,38)31-24-11-10-23(28)29-30-24;1-25(2,31-12-10-19-20(26)4-3-5-21(19)31)23(33)29-13-14-30(22(32)16-29)17-6-8-18(9-7-17)37(34,35)28-24-27-11-15-36-24;1-18-16-29(21-3-5-22(6-4-21)36(33,34)28-25-27-9-13-35-25)11-12-31(18)24(32)17-30-10-8-20-14-19(15-26)2-7-23(20)30;;;;/h4-11,15,17H,2-3,12-14,16H2,1H3,(H,30,31);3-12,15H,13-14,16H2,1-2H3,(H,27,28);2-10,13-14,18H,11-12,16-17H2,1H3,(H,27,28);4*1H/t17-;;;;;;/m1....../s1. The van der Waals surface area contributed by atoms with Crippen molar-refractivity contribution in [3.05, 3.63) is 214 Å². The number of aromatic nitrogens is 6. The van der Waals surface area contributed by atoms with Crippen molar-refractivity contribution in [2.45, 2.75) is 79.4 Å². The Morgan fingerprint density at radius 1 is 0.661 bits per heavy atom. The molecule has 0 aliphatic carbocycles.